The highest BCUT2D eigenvalue weighted by molar-refractivity contribution is 5.79. The molecule has 0 saturated carbocycles. The van der Waals surface area contributed by atoms with E-state index in [1.54, 1.807) is 0 Å². The molecular formula is C6H10F2N2O. The molecule has 1 heterocycles. The Balaban J connectivity index is 2.42. The first-order valence-electron chi connectivity index (χ1n) is 3.42. The molecule has 11 heavy (non-hydrogen) atoms. The quantitative estimate of drug-likeness (QED) is 0.566. The van der Waals surface area contributed by atoms with Gasteiger partial charge in [0.05, 0.1) is 12.6 Å². The van der Waals surface area contributed by atoms with Crippen LogP contribution in [0.5, 0.6) is 0 Å². The maximum Gasteiger partial charge on any atom is 0.260 e. The van der Waals surface area contributed by atoms with Crippen molar-refractivity contribution in [2.24, 2.45) is 5.73 Å². The fourth-order valence-corrected chi connectivity index (χ4v) is 1.06. The van der Waals surface area contributed by atoms with Gasteiger partial charge in [-0.25, -0.2) is 8.78 Å². The van der Waals surface area contributed by atoms with Gasteiger partial charge in [0.2, 0.25) is 5.91 Å². The summed E-state index contributed by atoms with van der Waals surface area (Å²) in [6, 6.07) is -0.574. The molecular weight excluding hydrogens is 154 g/mol. The monoisotopic (exact) mass is 164 g/mol. The van der Waals surface area contributed by atoms with E-state index in [0.717, 1.165) is 0 Å². The smallest absolute Gasteiger partial charge is 0.260 e. The van der Waals surface area contributed by atoms with Crippen molar-refractivity contribution in [2.75, 3.05) is 6.54 Å². The maximum absolute atomic E-state index is 12.4. The van der Waals surface area contributed by atoms with Crippen LogP contribution in [0.1, 0.15) is 12.8 Å². The van der Waals surface area contributed by atoms with Crippen molar-refractivity contribution in [1.82, 2.24) is 5.32 Å². The number of nitrogens with two attached hydrogens (primary N) is 1. The van der Waals surface area contributed by atoms with Crippen LogP contribution in [0.25, 0.3) is 0 Å². The number of piperidine rings is 1. The van der Waals surface area contributed by atoms with Gasteiger partial charge in [-0.15, -0.1) is 0 Å². The molecule has 1 fully saturated rings. The molecule has 3 nitrogen and oxygen atoms in total. The van der Waals surface area contributed by atoms with Gasteiger partial charge >= 0.3 is 0 Å². The molecule has 1 rings (SSSR count). The fraction of sp³-hybridized carbons (Fsp3) is 0.833. The number of hydrogen-bond acceptors (Lipinski definition) is 2. The maximum atomic E-state index is 12.4. The van der Waals surface area contributed by atoms with E-state index in [-0.39, 0.29) is 12.8 Å². The van der Waals surface area contributed by atoms with Crippen molar-refractivity contribution in [2.45, 2.75) is 24.8 Å². The van der Waals surface area contributed by atoms with Crippen LogP contribution in [0.3, 0.4) is 0 Å². The molecule has 1 aliphatic rings. The summed E-state index contributed by atoms with van der Waals surface area (Å²) < 4.78 is 24.9. The highest BCUT2D eigenvalue weighted by Crippen LogP contribution is 2.24. The summed E-state index contributed by atoms with van der Waals surface area (Å²) in [7, 11) is 0. The van der Waals surface area contributed by atoms with Crippen LogP contribution >= 0.6 is 0 Å². The Labute approximate surface area is 62.9 Å². The summed E-state index contributed by atoms with van der Waals surface area (Å²) in [5, 5.41) is 2.38. The predicted octanol–water partition coefficient (Wildman–Crippen LogP) is -0.141. The van der Waals surface area contributed by atoms with E-state index in [1.807, 2.05) is 0 Å². The molecule has 0 aromatic rings. The number of carbonyl (C=O) groups is 1. The fourth-order valence-electron chi connectivity index (χ4n) is 1.06. The number of halogens is 2. The molecule has 1 atom stereocenters. The minimum absolute atomic E-state index is 0.127. The lowest BCUT2D eigenvalue weighted by atomic mass is 10.0. The zero-order chi connectivity index (χ0) is 8.48. The molecule has 1 saturated heterocycles. The van der Waals surface area contributed by atoms with Gasteiger partial charge in [0.1, 0.15) is 0 Å². The summed E-state index contributed by atoms with van der Waals surface area (Å²) >= 11 is 0. The number of primary amides is 1. The van der Waals surface area contributed by atoms with E-state index in [4.69, 9.17) is 5.73 Å². The first kappa shape index (κ1) is 8.39. The van der Waals surface area contributed by atoms with E-state index in [0.29, 0.717) is 0 Å². The van der Waals surface area contributed by atoms with Crippen LogP contribution in [-0.4, -0.2) is 24.4 Å². The minimum atomic E-state index is -2.67. The lowest BCUT2D eigenvalue weighted by molar-refractivity contribution is -0.122. The van der Waals surface area contributed by atoms with Crippen LogP contribution in [-0.2, 0) is 4.79 Å². The van der Waals surface area contributed by atoms with E-state index in [9.17, 15) is 13.6 Å². The molecule has 5 heteroatoms. The first-order valence-corrected chi connectivity index (χ1v) is 3.42. The Morgan fingerprint density at radius 1 is 1.64 bits per heavy atom. The predicted molar refractivity (Wildman–Crippen MR) is 35.2 cm³/mol. The molecule has 1 unspecified atom stereocenters. The lowest BCUT2D eigenvalue weighted by Gasteiger charge is -2.27. The third kappa shape index (κ3) is 2.11. The van der Waals surface area contributed by atoms with Crippen molar-refractivity contribution in [3.05, 3.63) is 0 Å². The summed E-state index contributed by atoms with van der Waals surface area (Å²) in [6.45, 7) is -0.444. The number of amides is 1. The summed E-state index contributed by atoms with van der Waals surface area (Å²) in [4.78, 5) is 10.5. The molecule has 1 amide bonds. The average molecular weight is 164 g/mol. The second kappa shape index (κ2) is 2.73. The molecule has 0 bridgehead atoms. The van der Waals surface area contributed by atoms with Gasteiger partial charge in [-0.3, -0.25) is 4.79 Å². The van der Waals surface area contributed by atoms with E-state index in [1.165, 1.54) is 0 Å². The number of hydrogen-bond donors (Lipinski definition) is 2. The van der Waals surface area contributed by atoms with Gasteiger partial charge in [0.15, 0.2) is 0 Å². The van der Waals surface area contributed by atoms with E-state index in [2.05, 4.69) is 5.32 Å². The summed E-state index contributed by atoms with van der Waals surface area (Å²) in [5.41, 5.74) is 4.91. The van der Waals surface area contributed by atoms with Crippen LogP contribution in [0.2, 0.25) is 0 Å². The number of nitrogens with one attached hydrogen (secondary N) is 1. The molecule has 0 spiro atoms. The van der Waals surface area contributed by atoms with Crippen LogP contribution < -0.4 is 11.1 Å². The molecule has 1 aliphatic heterocycles. The Bertz CT molecular complexity index is 162. The first-order chi connectivity index (χ1) is 5.01. The Morgan fingerprint density at radius 3 is 2.64 bits per heavy atom. The van der Waals surface area contributed by atoms with Crippen molar-refractivity contribution in [3.8, 4) is 0 Å². The van der Waals surface area contributed by atoms with Crippen molar-refractivity contribution >= 4 is 5.91 Å². The van der Waals surface area contributed by atoms with Crippen molar-refractivity contribution < 1.29 is 13.6 Å². The SMILES string of the molecule is NC(=O)C1CCC(F)(F)CN1. The second-order valence-corrected chi connectivity index (χ2v) is 2.73. The molecule has 0 aromatic carbocycles. The van der Waals surface area contributed by atoms with Gasteiger partial charge in [0, 0.05) is 6.42 Å². The Morgan fingerprint density at radius 2 is 2.27 bits per heavy atom. The molecule has 64 valence electrons. The second-order valence-electron chi connectivity index (χ2n) is 2.73. The van der Waals surface area contributed by atoms with Gasteiger partial charge in [-0.2, -0.15) is 0 Å². The normalized spacial score (nSPS) is 29.8. The van der Waals surface area contributed by atoms with Crippen LogP contribution in [0, 0.1) is 0 Å². The van der Waals surface area contributed by atoms with E-state index >= 15 is 0 Å². The van der Waals surface area contributed by atoms with Gasteiger partial charge in [-0.1, -0.05) is 0 Å². The zero-order valence-electron chi connectivity index (χ0n) is 5.94. The minimum Gasteiger partial charge on any atom is -0.368 e. The number of rotatable bonds is 1. The molecule has 3 N–H and O–H groups in total. The van der Waals surface area contributed by atoms with Gasteiger partial charge in [0.25, 0.3) is 5.92 Å². The van der Waals surface area contributed by atoms with Gasteiger partial charge < -0.3 is 11.1 Å². The summed E-state index contributed by atoms with van der Waals surface area (Å²) in [6.07, 6.45) is -0.129. The molecule has 0 aromatic heterocycles. The highest BCUT2D eigenvalue weighted by Gasteiger charge is 2.36. The van der Waals surface area contributed by atoms with Crippen molar-refractivity contribution in [1.29, 1.82) is 0 Å². The largest absolute Gasteiger partial charge is 0.368 e. The molecule has 0 aliphatic carbocycles. The summed E-state index contributed by atoms with van der Waals surface area (Å²) in [5.74, 6) is -3.23. The topological polar surface area (TPSA) is 55.1 Å². The number of alkyl halides is 2. The van der Waals surface area contributed by atoms with Gasteiger partial charge in [-0.05, 0) is 6.42 Å². The standard InChI is InChI=1S/C6H10F2N2O/c7-6(8)2-1-4(5(9)11)10-3-6/h4,10H,1-3H2,(H2,9,11). The zero-order valence-corrected chi connectivity index (χ0v) is 5.94. The number of carbonyl (C=O) groups excluding carboxylic acids is 1. The lowest BCUT2D eigenvalue weighted by Crippen LogP contribution is -2.51. The molecule has 0 radical (unpaired) electrons. The Hall–Kier alpha value is -0.710. The van der Waals surface area contributed by atoms with Crippen LogP contribution in [0.15, 0.2) is 0 Å². The Kier molecular flexibility index (Phi) is 2.08. The van der Waals surface area contributed by atoms with Crippen molar-refractivity contribution in [3.63, 3.8) is 0 Å². The third-order valence-electron chi connectivity index (χ3n) is 1.75. The average Bonchev–Trinajstić information content (AvgIpc) is 1.86. The van der Waals surface area contributed by atoms with Crippen LogP contribution in [0.4, 0.5) is 8.78 Å². The third-order valence-corrected chi connectivity index (χ3v) is 1.75. The van der Waals surface area contributed by atoms with E-state index < -0.39 is 24.4 Å². The highest BCUT2D eigenvalue weighted by atomic mass is 19.3.